The minimum absolute atomic E-state index is 0.630. The van der Waals surface area contributed by atoms with Crippen LogP contribution >= 0.6 is 11.8 Å². The van der Waals surface area contributed by atoms with Crippen molar-refractivity contribution in [3.05, 3.63) is 0 Å². The molecule has 0 bridgehead atoms. The van der Waals surface area contributed by atoms with Crippen LogP contribution < -0.4 is 10.6 Å². The van der Waals surface area contributed by atoms with Gasteiger partial charge in [0.2, 0.25) is 11.9 Å². The van der Waals surface area contributed by atoms with Crippen molar-refractivity contribution in [3.63, 3.8) is 0 Å². The summed E-state index contributed by atoms with van der Waals surface area (Å²) in [5.41, 5.74) is 0. The van der Waals surface area contributed by atoms with Crippen molar-refractivity contribution in [2.24, 2.45) is 0 Å². The molecule has 0 amide bonds. The van der Waals surface area contributed by atoms with Crippen LogP contribution in [0.15, 0.2) is 5.16 Å². The summed E-state index contributed by atoms with van der Waals surface area (Å²) in [5.74, 6) is 2.36. The normalized spacial score (nSPS) is 11.0. The number of hydrogen-bond donors (Lipinski definition) is 2. The molecule has 1 heterocycles. The van der Waals surface area contributed by atoms with Crippen molar-refractivity contribution in [2.75, 3.05) is 50.6 Å². The van der Waals surface area contributed by atoms with E-state index in [1.807, 2.05) is 7.05 Å². The molecule has 0 aliphatic heterocycles. The minimum atomic E-state index is 0.630. The molecule has 0 saturated carbocycles. The number of aromatic nitrogens is 3. The van der Waals surface area contributed by atoms with Gasteiger partial charge in [-0.25, -0.2) is 0 Å². The van der Waals surface area contributed by atoms with Crippen LogP contribution in [0.1, 0.15) is 51.9 Å². The smallest absolute Gasteiger partial charge is 0.228 e. The maximum atomic E-state index is 4.52. The molecule has 0 spiro atoms. The van der Waals surface area contributed by atoms with Crippen molar-refractivity contribution in [3.8, 4) is 0 Å². The molecule has 0 aliphatic rings. The predicted molar refractivity (Wildman–Crippen MR) is 105 cm³/mol. The Bertz CT molecular complexity index is 441. The third-order valence-corrected chi connectivity index (χ3v) is 4.57. The molecule has 1 rings (SSSR count). The molecule has 0 radical (unpaired) electrons. The fourth-order valence-corrected chi connectivity index (χ4v) is 3.09. The van der Waals surface area contributed by atoms with E-state index < -0.39 is 0 Å². The predicted octanol–water partition coefficient (Wildman–Crippen LogP) is 3.73. The van der Waals surface area contributed by atoms with E-state index in [0.29, 0.717) is 11.9 Å². The fraction of sp³-hybridized carbons (Fsp3) is 0.824. The summed E-state index contributed by atoms with van der Waals surface area (Å²) in [6.07, 6.45) is 8.94. The fourth-order valence-electron chi connectivity index (χ4n) is 2.25. The maximum Gasteiger partial charge on any atom is 0.228 e. The molecule has 1 aromatic heterocycles. The highest BCUT2D eigenvalue weighted by molar-refractivity contribution is 7.99. The molecule has 0 saturated heterocycles. The molecule has 0 atom stereocenters. The highest BCUT2D eigenvalue weighted by Gasteiger charge is 2.06. The van der Waals surface area contributed by atoms with Crippen LogP contribution in [0.4, 0.5) is 11.9 Å². The van der Waals surface area contributed by atoms with Crippen LogP contribution in [0, 0.1) is 0 Å². The second kappa shape index (κ2) is 13.2. The highest BCUT2D eigenvalue weighted by atomic mass is 32.2. The largest absolute Gasteiger partial charge is 0.357 e. The first-order chi connectivity index (χ1) is 11.7. The zero-order chi connectivity index (χ0) is 17.6. The number of anilines is 2. The third kappa shape index (κ3) is 9.93. The van der Waals surface area contributed by atoms with E-state index in [4.69, 9.17) is 0 Å². The van der Waals surface area contributed by atoms with Crippen LogP contribution in [0.2, 0.25) is 0 Å². The molecule has 0 aliphatic carbocycles. The Labute approximate surface area is 151 Å². The van der Waals surface area contributed by atoms with E-state index in [0.717, 1.165) is 30.4 Å². The number of thioether (sulfide) groups is 1. The minimum Gasteiger partial charge on any atom is -0.357 e. The van der Waals surface area contributed by atoms with Gasteiger partial charge >= 0.3 is 0 Å². The summed E-state index contributed by atoms with van der Waals surface area (Å²) in [4.78, 5) is 15.5. The van der Waals surface area contributed by atoms with Crippen LogP contribution in [-0.2, 0) is 0 Å². The van der Waals surface area contributed by atoms with Gasteiger partial charge in [-0.1, -0.05) is 50.8 Å². The Morgan fingerprint density at radius 3 is 2.33 bits per heavy atom. The second-order valence-electron chi connectivity index (χ2n) is 6.22. The topological polar surface area (TPSA) is 66.0 Å². The average molecular weight is 355 g/mol. The van der Waals surface area contributed by atoms with Gasteiger partial charge in [-0.3, -0.25) is 0 Å². The number of rotatable bonds is 14. The SMILES string of the molecule is CCCCCCCCSc1nc(NC)nc(NCCCN(C)C)n1. The summed E-state index contributed by atoms with van der Waals surface area (Å²) in [6, 6.07) is 0. The number of nitrogens with one attached hydrogen (secondary N) is 2. The van der Waals surface area contributed by atoms with Gasteiger partial charge in [0.25, 0.3) is 0 Å². The van der Waals surface area contributed by atoms with Gasteiger partial charge in [0.15, 0.2) is 5.16 Å². The molecule has 24 heavy (non-hydrogen) atoms. The molecule has 6 nitrogen and oxygen atoms in total. The van der Waals surface area contributed by atoms with Crippen LogP contribution in [0.5, 0.6) is 0 Å². The van der Waals surface area contributed by atoms with Gasteiger partial charge in [-0.05, 0) is 33.5 Å². The second-order valence-corrected chi connectivity index (χ2v) is 7.28. The van der Waals surface area contributed by atoms with Crippen molar-refractivity contribution in [1.82, 2.24) is 19.9 Å². The summed E-state index contributed by atoms with van der Waals surface area (Å²) in [5, 5.41) is 7.12. The molecular formula is C17H34N6S. The van der Waals surface area contributed by atoms with Gasteiger partial charge in [0.1, 0.15) is 0 Å². The van der Waals surface area contributed by atoms with E-state index in [9.17, 15) is 0 Å². The van der Waals surface area contributed by atoms with Gasteiger partial charge < -0.3 is 15.5 Å². The van der Waals surface area contributed by atoms with E-state index in [-0.39, 0.29) is 0 Å². The summed E-state index contributed by atoms with van der Waals surface area (Å²) >= 11 is 1.72. The van der Waals surface area contributed by atoms with Crippen LogP contribution in [-0.4, -0.2) is 59.8 Å². The van der Waals surface area contributed by atoms with E-state index >= 15 is 0 Å². The Morgan fingerprint density at radius 2 is 1.62 bits per heavy atom. The van der Waals surface area contributed by atoms with Crippen molar-refractivity contribution < 1.29 is 0 Å². The first-order valence-corrected chi connectivity index (χ1v) is 10.1. The van der Waals surface area contributed by atoms with Gasteiger partial charge in [0, 0.05) is 19.3 Å². The van der Waals surface area contributed by atoms with Crippen LogP contribution in [0.25, 0.3) is 0 Å². The van der Waals surface area contributed by atoms with E-state index in [1.165, 1.54) is 38.5 Å². The Balaban J connectivity index is 2.36. The zero-order valence-electron chi connectivity index (χ0n) is 15.8. The third-order valence-electron chi connectivity index (χ3n) is 3.63. The van der Waals surface area contributed by atoms with Crippen molar-refractivity contribution in [1.29, 1.82) is 0 Å². The number of unbranched alkanes of at least 4 members (excludes halogenated alkanes) is 5. The van der Waals surface area contributed by atoms with E-state index in [2.05, 4.69) is 51.5 Å². The molecule has 7 heteroatoms. The molecule has 0 aromatic carbocycles. The van der Waals surface area contributed by atoms with Gasteiger partial charge in [0.05, 0.1) is 0 Å². The zero-order valence-corrected chi connectivity index (χ0v) is 16.6. The lowest BCUT2D eigenvalue weighted by molar-refractivity contribution is 0.405. The molecule has 0 unspecified atom stereocenters. The maximum absolute atomic E-state index is 4.52. The molecule has 138 valence electrons. The first kappa shape index (κ1) is 21.0. The summed E-state index contributed by atoms with van der Waals surface area (Å²) in [7, 11) is 6.01. The Hall–Kier alpha value is -1.08. The number of hydrogen-bond acceptors (Lipinski definition) is 7. The van der Waals surface area contributed by atoms with E-state index in [1.54, 1.807) is 11.8 Å². The Kier molecular flexibility index (Phi) is 11.6. The lowest BCUT2D eigenvalue weighted by Gasteiger charge is -2.11. The molecule has 1 aromatic rings. The molecule has 0 fully saturated rings. The average Bonchev–Trinajstić information content (AvgIpc) is 2.57. The lowest BCUT2D eigenvalue weighted by Crippen LogP contribution is -2.17. The van der Waals surface area contributed by atoms with Crippen LogP contribution in [0.3, 0.4) is 0 Å². The van der Waals surface area contributed by atoms with Gasteiger partial charge in [-0.2, -0.15) is 15.0 Å². The van der Waals surface area contributed by atoms with Gasteiger partial charge in [-0.15, -0.1) is 0 Å². The number of nitrogens with zero attached hydrogens (tertiary/aromatic N) is 4. The van der Waals surface area contributed by atoms with Crippen molar-refractivity contribution >= 4 is 23.7 Å². The Morgan fingerprint density at radius 1 is 0.917 bits per heavy atom. The molecule has 2 N–H and O–H groups in total. The summed E-state index contributed by atoms with van der Waals surface area (Å²) < 4.78 is 0. The monoisotopic (exact) mass is 354 g/mol. The first-order valence-electron chi connectivity index (χ1n) is 9.11. The standard InChI is InChI=1S/C17H34N6S/c1-5-6-7-8-9-10-14-24-17-21-15(18-2)20-16(22-17)19-12-11-13-23(3)4/h5-14H2,1-4H3,(H2,18,19,20,21,22). The molecular weight excluding hydrogens is 320 g/mol. The highest BCUT2D eigenvalue weighted by Crippen LogP contribution is 2.18. The quantitative estimate of drug-likeness (QED) is 0.390. The van der Waals surface area contributed by atoms with Crippen molar-refractivity contribution in [2.45, 2.75) is 57.0 Å². The summed E-state index contributed by atoms with van der Waals surface area (Å²) in [6.45, 7) is 4.17. The lowest BCUT2D eigenvalue weighted by atomic mass is 10.1.